The zero-order valence-electron chi connectivity index (χ0n) is 9.94. The van der Waals surface area contributed by atoms with Crippen LogP contribution in [0.3, 0.4) is 0 Å². The molecule has 1 saturated heterocycles. The van der Waals surface area contributed by atoms with E-state index in [1.54, 1.807) is 0 Å². The fourth-order valence-electron chi connectivity index (χ4n) is 1.84. The molecule has 0 aromatic heterocycles. The van der Waals surface area contributed by atoms with E-state index in [4.69, 9.17) is 17.0 Å². The van der Waals surface area contributed by atoms with E-state index in [1.807, 2.05) is 0 Å². The van der Waals surface area contributed by atoms with Crippen molar-refractivity contribution in [2.24, 2.45) is 0 Å². The SMILES string of the molecule is CC(C)N(CCOC=O)CC1NCCC1=S. The predicted octanol–water partition coefficient (Wildman–Crippen LogP) is 0.602. The summed E-state index contributed by atoms with van der Waals surface area (Å²) in [6, 6.07) is 0.745. The van der Waals surface area contributed by atoms with Gasteiger partial charge in [0.05, 0.1) is 6.04 Å². The molecule has 1 N–H and O–H groups in total. The van der Waals surface area contributed by atoms with Gasteiger partial charge in [0.2, 0.25) is 0 Å². The second-order valence-corrected chi connectivity index (χ2v) is 4.80. The number of hydrogen-bond acceptors (Lipinski definition) is 5. The lowest BCUT2D eigenvalue weighted by atomic mass is 10.2. The minimum absolute atomic E-state index is 0.314. The largest absolute Gasteiger partial charge is 0.467 e. The molecule has 0 spiro atoms. The third-order valence-electron chi connectivity index (χ3n) is 2.86. The molecule has 0 aliphatic carbocycles. The Bertz CT molecular complexity index is 246. The van der Waals surface area contributed by atoms with Gasteiger partial charge in [-0.15, -0.1) is 0 Å². The molecule has 0 amide bonds. The fourth-order valence-corrected chi connectivity index (χ4v) is 2.10. The summed E-state index contributed by atoms with van der Waals surface area (Å²) in [6.45, 7) is 7.87. The Hall–Kier alpha value is -0.520. The van der Waals surface area contributed by atoms with Crippen LogP contribution >= 0.6 is 12.2 Å². The molecule has 0 aromatic rings. The Kier molecular flexibility index (Phi) is 5.87. The van der Waals surface area contributed by atoms with Gasteiger partial charge in [-0.3, -0.25) is 9.69 Å². The minimum Gasteiger partial charge on any atom is -0.467 e. The topological polar surface area (TPSA) is 41.6 Å². The smallest absolute Gasteiger partial charge is 0.293 e. The molecule has 92 valence electrons. The molecule has 1 aliphatic rings. The van der Waals surface area contributed by atoms with Gasteiger partial charge in [-0.25, -0.2) is 0 Å². The van der Waals surface area contributed by atoms with E-state index in [2.05, 4.69) is 24.1 Å². The molecular weight excluding hydrogens is 224 g/mol. The lowest BCUT2D eigenvalue weighted by molar-refractivity contribution is -0.129. The molecule has 1 unspecified atom stereocenters. The van der Waals surface area contributed by atoms with Gasteiger partial charge in [0.1, 0.15) is 6.61 Å². The molecule has 1 aliphatic heterocycles. The Balaban J connectivity index is 2.37. The van der Waals surface area contributed by atoms with E-state index in [0.717, 1.165) is 30.9 Å². The molecule has 0 radical (unpaired) electrons. The molecule has 4 nitrogen and oxygen atoms in total. The summed E-state index contributed by atoms with van der Waals surface area (Å²) in [6.07, 6.45) is 0.997. The van der Waals surface area contributed by atoms with Crippen molar-refractivity contribution in [3.63, 3.8) is 0 Å². The van der Waals surface area contributed by atoms with E-state index in [0.29, 0.717) is 25.2 Å². The number of hydrogen-bond donors (Lipinski definition) is 1. The summed E-state index contributed by atoms with van der Waals surface area (Å²) in [5.41, 5.74) is 0. The number of thiocarbonyl (C=S) groups is 1. The van der Waals surface area contributed by atoms with Crippen molar-refractivity contribution in [1.82, 2.24) is 10.2 Å². The maximum atomic E-state index is 10.1. The van der Waals surface area contributed by atoms with Crippen LogP contribution in [0.1, 0.15) is 20.3 Å². The molecular formula is C11H20N2O2S. The van der Waals surface area contributed by atoms with E-state index in [1.165, 1.54) is 0 Å². The van der Waals surface area contributed by atoms with Gasteiger partial charge in [0.25, 0.3) is 6.47 Å². The van der Waals surface area contributed by atoms with Crippen LogP contribution in [0.5, 0.6) is 0 Å². The van der Waals surface area contributed by atoms with Crippen LogP contribution in [0.25, 0.3) is 0 Å². The van der Waals surface area contributed by atoms with Crippen molar-refractivity contribution < 1.29 is 9.53 Å². The molecule has 16 heavy (non-hydrogen) atoms. The van der Waals surface area contributed by atoms with Gasteiger partial charge in [-0.2, -0.15) is 0 Å². The first kappa shape index (κ1) is 13.5. The Morgan fingerprint density at radius 2 is 2.44 bits per heavy atom. The predicted molar refractivity (Wildman–Crippen MR) is 67.7 cm³/mol. The normalized spacial score (nSPS) is 20.8. The summed E-state index contributed by atoms with van der Waals surface area (Å²) in [4.78, 5) is 13.5. The van der Waals surface area contributed by atoms with E-state index in [-0.39, 0.29) is 0 Å². The summed E-state index contributed by atoms with van der Waals surface area (Å²) in [5, 5.41) is 3.39. The zero-order chi connectivity index (χ0) is 12.0. The van der Waals surface area contributed by atoms with Crippen LogP contribution in [0, 0.1) is 0 Å². The first-order valence-corrected chi connectivity index (χ1v) is 6.11. The number of nitrogens with zero attached hydrogens (tertiary/aromatic N) is 1. The average molecular weight is 244 g/mol. The lowest BCUT2D eigenvalue weighted by Gasteiger charge is -2.28. The van der Waals surface area contributed by atoms with Crippen LogP contribution < -0.4 is 5.32 Å². The number of ether oxygens (including phenoxy) is 1. The molecule has 1 heterocycles. The zero-order valence-corrected chi connectivity index (χ0v) is 10.8. The van der Waals surface area contributed by atoms with Crippen molar-refractivity contribution in [3.05, 3.63) is 0 Å². The standard InChI is InChI=1S/C11H20N2O2S/c1-9(2)13(5-6-15-8-14)7-10-11(16)3-4-12-10/h8-10,12H,3-7H2,1-2H3. The second-order valence-electron chi connectivity index (χ2n) is 4.28. The third kappa shape index (κ3) is 4.15. The third-order valence-corrected chi connectivity index (χ3v) is 3.35. The summed E-state index contributed by atoms with van der Waals surface area (Å²) in [5.74, 6) is 0. The minimum atomic E-state index is 0.314. The molecule has 0 saturated carbocycles. The highest BCUT2D eigenvalue weighted by molar-refractivity contribution is 7.80. The fraction of sp³-hybridized carbons (Fsp3) is 0.818. The number of rotatable bonds is 7. The van der Waals surface area contributed by atoms with Crippen LogP contribution in [-0.4, -0.2) is 54.6 Å². The Labute approximate surface area is 102 Å². The van der Waals surface area contributed by atoms with E-state index < -0.39 is 0 Å². The van der Waals surface area contributed by atoms with Crippen molar-refractivity contribution in [2.75, 3.05) is 26.2 Å². The van der Waals surface area contributed by atoms with Crippen LogP contribution in [0.2, 0.25) is 0 Å². The maximum absolute atomic E-state index is 10.1. The average Bonchev–Trinajstić information content (AvgIpc) is 2.63. The van der Waals surface area contributed by atoms with Crippen molar-refractivity contribution >= 4 is 23.6 Å². The highest BCUT2D eigenvalue weighted by atomic mass is 32.1. The highest BCUT2D eigenvalue weighted by Gasteiger charge is 2.23. The van der Waals surface area contributed by atoms with Crippen LogP contribution in [0.15, 0.2) is 0 Å². The molecule has 1 atom stereocenters. The van der Waals surface area contributed by atoms with Crippen molar-refractivity contribution in [2.45, 2.75) is 32.4 Å². The molecule has 1 fully saturated rings. The second kappa shape index (κ2) is 6.93. The maximum Gasteiger partial charge on any atom is 0.293 e. The highest BCUT2D eigenvalue weighted by Crippen LogP contribution is 2.07. The number of nitrogens with one attached hydrogen (secondary N) is 1. The van der Waals surface area contributed by atoms with Gasteiger partial charge < -0.3 is 10.1 Å². The van der Waals surface area contributed by atoms with Crippen molar-refractivity contribution in [3.8, 4) is 0 Å². The van der Waals surface area contributed by atoms with Crippen LogP contribution in [-0.2, 0) is 9.53 Å². The first-order valence-electron chi connectivity index (χ1n) is 5.70. The first-order chi connectivity index (χ1) is 7.65. The monoisotopic (exact) mass is 244 g/mol. The van der Waals surface area contributed by atoms with E-state index >= 15 is 0 Å². The van der Waals surface area contributed by atoms with Gasteiger partial charge in [0.15, 0.2) is 0 Å². The molecule has 0 aromatic carbocycles. The lowest BCUT2D eigenvalue weighted by Crippen LogP contribution is -2.44. The van der Waals surface area contributed by atoms with Gasteiger partial charge >= 0.3 is 0 Å². The van der Waals surface area contributed by atoms with Crippen LogP contribution in [0.4, 0.5) is 0 Å². The van der Waals surface area contributed by atoms with Gasteiger partial charge in [-0.1, -0.05) is 12.2 Å². The number of carbonyl (C=O) groups is 1. The summed E-state index contributed by atoms with van der Waals surface area (Å²) in [7, 11) is 0. The molecule has 0 bridgehead atoms. The Morgan fingerprint density at radius 1 is 1.69 bits per heavy atom. The molecule has 1 rings (SSSR count). The Morgan fingerprint density at radius 3 is 2.94 bits per heavy atom. The summed E-state index contributed by atoms with van der Waals surface area (Å²) >= 11 is 5.30. The van der Waals surface area contributed by atoms with Crippen molar-refractivity contribution in [1.29, 1.82) is 0 Å². The number of carbonyl (C=O) groups excluding carboxylic acids is 1. The van der Waals surface area contributed by atoms with Gasteiger partial charge in [-0.05, 0) is 20.3 Å². The quantitative estimate of drug-likeness (QED) is 0.403. The van der Waals surface area contributed by atoms with Gasteiger partial charge in [0, 0.05) is 30.5 Å². The van der Waals surface area contributed by atoms with E-state index in [9.17, 15) is 4.79 Å². The summed E-state index contributed by atoms with van der Waals surface area (Å²) < 4.78 is 4.73. The molecule has 5 heteroatoms.